The summed E-state index contributed by atoms with van der Waals surface area (Å²) in [6.07, 6.45) is 9.66. The van der Waals surface area contributed by atoms with E-state index in [2.05, 4.69) is 44.9 Å². The van der Waals surface area contributed by atoms with Gasteiger partial charge in [-0.2, -0.15) is 9.97 Å². The molecule has 10 heterocycles. The van der Waals surface area contributed by atoms with Crippen molar-refractivity contribution < 1.29 is 36.6 Å². The van der Waals surface area contributed by atoms with Crippen LogP contribution in [0.1, 0.15) is 106 Å². The summed E-state index contributed by atoms with van der Waals surface area (Å²) >= 11 is 4.71. The number of fused-ring (bicyclic) bond motifs is 10. The number of pyridine rings is 4. The van der Waals surface area contributed by atoms with E-state index in [0.717, 1.165) is 36.5 Å². The van der Waals surface area contributed by atoms with Gasteiger partial charge in [0.2, 0.25) is 11.1 Å². The molecule has 17 nitrogen and oxygen atoms in total. The Balaban J connectivity index is 0.000000179. The summed E-state index contributed by atoms with van der Waals surface area (Å²) < 4.78 is 77.4. The Morgan fingerprint density at radius 1 is 0.621 bits per heavy atom. The van der Waals surface area contributed by atoms with E-state index in [9.17, 15) is 19.2 Å². The third-order valence-corrected chi connectivity index (χ3v) is 16.2. The number of hydrogen-bond donors (Lipinski definition) is 0. The molecule has 4 aliphatic heterocycles. The highest BCUT2D eigenvalue weighted by Crippen LogP contribution is 2.39. The molecule has 0 aliphatic carbocycles. The molecule has 2 aromatic carbocycles. The average Bonchev–Trinajstić information content (AvgIpc) is 0.819. The molecule has 4 aliphatic rings. The Hall–Kier alpha value is -8.53. The molecule has 4 bridgehead atoms. The number of nitrogens with zero attached hydrogens (tertiary/aromatic N) is 11. The maximum absolute atomic E-state index is 16.1. The summed E-state index contributed by atoms with van der Waals surface area (Å²) in [6, 6.07) is 15.3. The van der Waals surface area contributed by atoms with E-state index in [1.165, 1.54) is 39.5 Å². The van der Waals surface area contributed by atoms with Gasteiger partial charge in [-0.05, 0) is 140 Å². The van der Waals surface area contributed by atoms with Gasteiger partial charge in [0.05, 0.1) is 60.0 Å². The normalized spacial score (nSPS) is 16.6. The van der Waals surface area contributed by atoms with E-state index < -0.39 is 39.9 Å². The lowest BCUT2D eigenvalue weighted by Crippen LogP contribution is -2.54. The highest BCUT2D eigenvalue weighted by Gasteiger charge is 2.33. The van der Waals surface area contributed by atoms with E-state index in [-0.39, 0.29) is 89.3 Å². The summed E-state index contributed by atoms with van der Waals surface area (Å²) in [5, 5.41) is 0.206. The molecule has 2 atom stereocenters. The molecule has 0 saturated carbocycles. The van der Waals surface area contributed by atoms with Crippen LogP contribution in [0, 0.1) is 23.3 Å². The van der Waals surface area contributed by atoms with Crippen molar-refractivity contribution in [1.29, 1.82) is 0 Å². The maximum atomic E-state index is 16.1. The van der Waals surface area contributed by atoms with E-state index in [1.54, 1.807) is 41.6 Å². The highest BCUT2D eigenvalue weighted by atomic mass is 35.5. The van der Waals surface area contributed by atoms with Gasteiger partial charge in [0.1, 0.15) is 46.3 Å². The second-order valence-electron chi connectivity index (χ2n) is 22.4. The zero-order valence-corrected chi connectivity index (χ0v) is 50.0. The number of halogens is 5. The molecule has 0 N–H and O–H groups in total. The summed E-state index contributed by atoms with van der Waals surface area (Å²) in [7, 11) is 0. The third-order valence-electron chi connectivity index (χ3n) is 16.1. The number of piperazine rings is 1. The van der Waals surface area contributed by atoms with Crippen molar-refractivity contribution in [2.45, 2.75) is 111 Å². The molecule has 8 aromatic rings. The number of amides is 1. The lowest BCUT2D eigenvalue weighted by atomic mass is 10.00. The molecule has 1 amide bonds. The van der Waals surface area contributed by atoms with E-state index in [1.807, 2.05) is 51.7 Å². The smallest absolute Gasteiger partial charge is 0.355 e. The lowest BCUT2D eigenvalue weighted by Gasteiger charge is -2.40. The Morgan fingerprint density at radius 2 is 1.09 bits per heavy atom. The Bertz CT molecular complexity index is 4140. The molecular formula is C65H66ClF4N11O6. The number of aromatic nitrogens is 8. The highest BCUT2D eigenvalue weighted by molar-refractivity contribution is 6.66. The van der Waals surface area contributed by atoms with Crippen molar-refractivity contribution in [3.05, 3.63) is 176 Å². The maximum Gasteiger partial charge on any atom is 0.355 e. The van der Waals surface area contributed by atoms with Crippen LogP contribution in [0.4, 0.5) is 29.2 Å². The Kier molecular flexibility index (Phi) is 18.5. The van der Waals surface area contributed by atoms with Crippen molar-refractivity contribution >= 4 is 56.5 Å². The molecule has 0 unspecified atom stereocenters. The minimum Gasteiger partial charge on any atom is -0.376 e. The molecule has 6 aromatic heterocycles. The minimum atomic E-state index is -0.757. The molecule has 22 heteroatoms. The van der Waals surface area contributed by atoms with Gasteiger partial charge in [0, 0.05) is 61.8 Å². The van der Waals surface area contributed by atoms with Gasteiger partial charge in [0.15, 0.2) is 11.3 Å². The van der Waals surface area contributed by atoms with E-state index in [0.29, 0.717) is 96.1 Å². The van der Waals surface area contributed by atoms with Crippen LogP contribution in [0.2, 0.25) is 0 Å². The molecule has 12 rings (SSSR count). The number of carbonyl (C=O) groups is 2. The number of anilines is 2. The van der Waals surface area contributed by atoms with Crippen LogP contribution < -0.4 is 21.2 Å². The molecular weight excluding hydrogens is 1140 g/mol. The number of carbonyl (C=O) groups excluding carboxylic acids is 2. The van der Waals surface area contributed by atoms with E-state index >= 15 is 17.6 Å². The molecule has 0 spiro atoms. The quantitative estimate of drug-likeness (QED) is 0.0870. The minimum absolute atomic E-state index is 0.0137. The number of benzene rings is 2. The van der Waals surface area contributed by atoms with Crippen molar-refractivity contribution in [3.8, 4) is 33.9 Å². The predicted molar refractivity (Wildman–Crippen MR) is 327 cm³/mol. The van der Waals surface area contributed by atoms with Gasteiger partial charge < -0.3 is 24.2 Å². The van der Waals surface area contributed by atoms with Gasteiger partial charge in [-0.15, -0.1) is 0 Å². The molecule has 452 valence electrons. The number of allylic oxidation sites excluding steroid dienone is 1. The molecule has 0 radical (unpaired) electrons. The van der Waals surface area contributed by atoms with Gasteiger partial charge in [-0.1, -0.05) is 65.1 Å². The lowest BCUT2D eigenvalue weighted by molar-refractivity contribution is -0.126. The van der Waals surface area contributed by atoms with Gasteiger partial charge in [-0.25, -0.2) is 46.3 Å². The first-order chi connectivity index (χ1) is 41.8. The first-order valence-electron chi connectivity index (χ1n) is 29.0. The molecule has 87 heavy (non-hydrogen) atoms. The zero-order chi connectivity index (χ0) is 62.0. The van der Waals surface area contributed by atoms with E-state index in [4.69, 9.17) is 31.0 Å². The fourth-order valence-corrected chi connectivity index (χ4v) is 11.8. The van der Waals surface area contributed by atoms with Crippen LogP contribution in [-0.2, 0) is 45.1 Å². The number of ether oxygens (including phenoxy) is 2. The van der Waals surface area contributed by atoms with Crippen LogP contribution >= 0.6 is 11.6 Å². The number of rotatable bonds is 6. The van der Waals surface area contributed by atoms with Crippen LogP contribution in [-0.4, -0.2) is 107 Å². The summed E-state index contributed by atoms with van der Waals surface area (Å²) in [6.45, 7) is 21.2. The van der Waals surface area contributed by atoms with Gasteiger partial charge in [0.25, 0.3) is 0 Å². The van der Waals surface area contributed by atoms with Crippen molar-refractivity contribution in [1.82, 2.24) is 43.9 Å². The number of hydrogen-bond acceptors (Lipinski definition) is 14. The first-order valence-corrected chi connectivity index (χ1v) is 29.4. The van der Waals surface area contributed by atoms with Crippen molar-refractivity contribution in [2.24, 2.45) is 0 Å². The van der Waals surface area contributed by atoms with Crippen LogP contribution in [0.25, 0.3) is 56.0 Å². The largest absolute Gasteiger partial charge is 0.376 e. The zero-order valence-electron chi connectivity index (χ0n) is 49.3. The summed E-state index contributed by atoms with van der Waals surface area (Å²) in [5.74, 6) is -2.29. The SMILES string of the molecule is C=CC(=O)Cl.C=CC(=O)N1CCN(c2nc(=O)n3c4nc(c(F)cc24)-c2c(F)cccc2COCCc2ccnc(C(C)C)c2-3)[C@@H](C)C1.CC(C)c1nccc2c1-n1c(=O)nc(N3CCCC[C@@H]3C)c3cc(F)c(nc31)-c1c(F)cccc1COCC2. The Labute approximate surface area is 505 Å². The fourth-order valence-electron chi connectivity index (χ4n) is 11.8. The van der Waals surface area contributed by atoms with Crippen molar-refractivity contribution in [3.63, 3.8) is 0 Å². The summed E-state index contributed by atoms with van der Waals surface area (Å²) in [5.41, 5.74) is 3.93. The second-order valence-corrected chi connectivity index (χ2v) is 22.8. The standard InChI is InChI=1S/C32H32F2N6O3.C30H31F2N5O2.C3H3ClO/c1-5-25(41)38-12-13-39(19(4)16-38)30-22-15-24(34)28-26-21(7-6-8-23(26)33)17-43-14-10-20-9-11-35-27(18(2)3)29(20)40(31(22)36-28)32(42)37-30;1-17(2)25-27-19(10-12-33-25)11-14-39-16-20-8-6-9-22(31)24(20)26-23(32)15-21-28(36-13-5-4-7-18(36)3)35-30(38)37(27)29(21)34-26;1-2-3(4)5/h5-9,11,15,18-19H,1,10,12-14,16-17H2,2-4H3;6,8-10,12,15,17-18H,4-5,7,11,13-14,16H2,1-3H3;2H,1H2/t19-;18-;/m00./s1. The van der Waals surface area contributed by atoms with Gasteiger partial charge in [-0.3, -0.25) is 19.6 Å². The summed E-state index contributed by atoms with van der Waals surface area (Å²) in [4.78, 5) is 83.2. The number of piperidine rings is 1. The second kappa shape index (κ2) is 26.2. The molecule has 2 saturated heterocycles. The Morgan fingerprint density at radius 3 is 1.52 bits per heavy atom. The van der Waals surface area contributed by atoms with Crippen molar-refractivity contribution in [2.75, 3.05) is 49.2 Å². The average molecular weight is 1210 g/mol. The topological polar surface area (TPSA) is 184 Å². The predicted octanol–water partition coefficient (Wildman–Crippen LogP) is 11.2. The van der Waals surface area contributed by atoms with Crippen LogP contribution in [0.5, 0.6) is 0 Å². The molecule has 2 fully saturated rings. The first kappa shape index (κ1) is 61.6. The monoisotopic (exact) mass is 1210 g/mol. The third kappa shape index (κ3) is 12.3. The van der Waals surface area contributed by atoms with Crippen LogP contribution in [0.15, 0.2) is 108 Å². The fraction of sp³-hybridized carbons (Fsp3) is 0.354. The van der Waals surface area contributed by atoms with Gasteiger partial charge >= 0.3 is 11.4 Å². The van der Waals surface area contributed by atoms with Crippen LogP contribution in [0.3, 0.4) is 0 Å².